The largest absolute Gasteiger partial charge is 0.744 e. The molecule has 8 aromatic rings. The predicted molar refractivity (Wildman–Crippen MR) is 311 cm³/mol. The lowest BCUT2D eigenvalue weighted by molar-refractivity contribution is -0.678. The normalized spacial score (nSPS) is 18.8. The highest BCUT2D eigenvalue weighted by Gasteiger charge is 2.50. The van der Waals surface area contributed by atoms with Crippen LogP contribution in [-0.2, 0) is 50.9 Å². The van der Waals surface area contributed by atoms with E-state index in [1.807, 2.05) is 99.2 Å². The monoisotopic (exact) mass is 1130 g/mol. The molecule has 412 valence electrons. The molecule has 4 heterocycles. The van der Waals surface area contributed by atoms with E-state index in [9.17, 15) is 30.5 Å². The highest BCUT2D eigenvalue weighted by Crippen LogP contribution is 2.77. The van der Waals surface area contributed by atoms with E-state index < -0.39 is 34.5 Å². The Hall–Kier alpha value is -5.98. The Balaban J connectivity index is 0.000000168. The zero-order chi connectivity index (χ0) is 56.4. The van der Waals surface area contributed by atoms with Gasteiger partial charge in [0, 0.05) is 40.6 Å². The Labute approximate surface area is 463 Å². The Morgan fingerprint density at radius 1 is 0.538 bits per heavy atom. The number of benzene rings is 6. The van der Waals surface area contributed by atoms with Gasteiger partial charge in [0.15, 0.2) is 0 Å². The number of rotatable bonds is 11. The zero-order valence-corrected chi connectivity index (χ0v) is 49.4. The summed E-state index contributed by atoms with van der Waals surface area (Å²) in [5, 5.41) is 0. The Morgan fingerprint density at radius 3 is 1.23 bits per heavy atom. The molecule has 0 aliphatic carbocycles. The predicted octanol–water partition coefficient (Wildman–Crippen LogP) is 15.0. The van der Waals surface area contributed by atoms with Crippen molar-refractivity contribution in [3.8, 4) is 0 Å². The van der Waals surface area contributed by atoms with Crippen LogP contribution in [0.2, 0.25) is 0 Å². The third kappa shape index (κ3) is 15.2. The molecule has 2 aromatic heterocycles. The third-order valence-corrected chi connectivity index (χ3v) is 24.5. The van der Waals surface area contributed by atoms with Gasteiger partial charge in [-0.25, -0.2) is 22.5 Å². The summed E-state index contributed by atoms with van der Waals surface area (Å²) in [4.78, 5) is 3.86. The van der Waals surface area contributed by atoms with Crippen LogP contribution in [0.3, 0.4) is 0 Å². The smallest absolute Gasteiger partial charge is 0.297 e. The van der Waals surface area contributed by atoms with Crippen LogP contribution in [0.15, 0.2) is 217 Å². The van der Waals surface area contributed by atoms with Gasteiger partial charge in [-0.2, -0.15) is 8.42 Å². The first-order chi connectivity index (χ1) is 36.9. The Morgan fingerprint density at radius 2 is 0.910 bits per heavy atom. The van der Waals surface area contributed by atoms with Crippen LogP contribution < -0.4 is 4.57 Å². The summed E-state index contributed by atoms with van der Waals surface area (Å²) in [6.45, 7) is 16.7. The van der Waals surface area contributed by atoms with Crippen molar-refractivity contribution in [3.05, 3.63) is 241 Å². The molecule has 0 saturated carbocycles. The summed E-state index contributed by atoms with van der Waals surface area (Å²) in [5.41, 5.74) is 6.33. The Kier molecular flexibility index (Phi) is 19.5. The van der Waals surface area contributed by atoms with E-state index in [1.54, 1.807) is 30.5 Å². The molecular formula is C62H74N4O8P2S2. The van der Waals surface area contributed by atoms with Crippen molar-refractivity contribution in [2.75, 3.05) is 6.35 Å². The molecule has 2 aliphatic rings. The summed E-state index contributed by atoms with van der Waals surface area (Å²) in [7, 11) is -13.9. The molecule has 16 heteroatoms. The molecule has 12 nitrogen and oxygen atoms in total. The van der Waals surface area contributed by atoms with E-state index in [1.165, 1.54) is 35.4 Å². The van der Waals surface area contributed by atoms with Crippen LogP contribution in [0.5, 0.6) is 0 Å². The van der Waals surface area contributed by atoms with Gasteiger partial charge in [0.2, 0.25) is 6.33 Å². The minimum absolute atomic E-state index is 0.0209. The molecule has 2 aliphatic heterocycles. The van der Waals surface area contributed by atoms with E-state index in [2.05, 4.69) is 127 Å². The maximum absolute atomic E-state index is 14.7. The van der Waals surface area contributed by atoms with Gasteiger partial charge in [-0.1, -0.05) is 157 Å². The van der Waals surface area contributed by atoms with Crippen molar-refractivity contribution in [2.45, 2.75) is 131 Å². The van der Waals surface area contributed by atoms with Gasteiger partial charge in [0.25, 0.3) is 10.1 Å². The van der Waals surface area contributed by atoms with Crippen molar-refractivity contribution >= 4 is 34.5 Å². The summed E-state index contributed by atoms with van der Waals surface area (Å²) >= 11 is 0. The van der Waals surface area contributed by atoms with Gasteiger partial charge in [-0.3, -0.25) is 4.18 Å². The van der Waals surface area contributed by atoms with Crippen molar-refractivity contribution < 1.29 is 39.3 Å². The average molecular weight is 1130 g/mol. The highest BCUT2D eigenvalue weighted by molar-refractivity contribution is 7.87. The minimum Gasteiger partial charge on any atom is -0.744 e. The van der Waals surface area contributed by atoms with Crippen molar-refractivity contribution in [2.24, 2.45) is 0 Å². The SMILES string of the molecule is CC(C)(C)n1cc[n+](CP2(=O)[C@H](c3ccccc3)CC[C@H]2c2ccccc2)c1.CC(C)(C)n1ccnc1.Cc1ccc(S(=O)(=O)OCP2(=O)[C@H](c3ccccc3)CC[C@H]2c2ccccc2)cc1.Cc1ccc(S(=O)(=O)[O-])cc1. The van der Waals surface area contributed by atoms with E-state index in [4.69, 9.17) is 4.18 Å². The fraction of sp³-hybridized carbons (Fsp3) is 0.323. The standard InChI is InChI=1S/C24H30N2OP.C24H25O4PS.C7H12N2.C7H8O3S/c1-24(2,3)26-17-16-25(18-26)19-28(27)22(20-10-6-4-7-11-20)14-15-23(28)21-12-8-5-9-13-21;1-19-12-14-22(15-13-19)30(26,27)28-18-29(25)23(20-8-4-2-5-9-20)16-17-24(29)21-10-6-3-7-11-21;1-7(2,3)9-5-4-8-6-9;1-6-2-4-7(5-3-6)11(8,9)10/h4-13,16-18,22-23H,14-15,19H2,1-3H3;2-15,23-24H,16-18H2,1H3;4-6H,1-3H3;2-5H,1H3,(H,8,9,10)/q+1;;;/p-1/t22-,23-;23-,24-;;/m00../s1. The van der Waals surface area contributed by atoms with Gasteiger partial charge in [0.1, 0.15) is 55.0 Å². The van der Waals surface area contributed by atoms with Gasteiger partial charge < -0.3 is 18.2 Å². The first-order valence-electron chi connectivity index (χ1n) is 26.3. The fourth-order valence-electron chi connectivity index (χ4n) is 10.1. The number of hydrogen-bond donors (Lipinski definition) is 0. The van der Waals surface area contributed by atoms with Crippen molar-refractivity contribution in [1.29, 1.82) is 0 Å². The molecule has 10 rings (SSSR count). The molecule has 0 unspecified atom stereocenters. The van der Waals surface area contributed by atoms with E-state index in [0.717, 1.165) is 47.9 Å². The minimum atomic E-state index is -4.27. The second-order valence-electron chi connectivity index (χ2n) is 22.1. The van der Waals surface area contributed by atoms with Gasteiger partial charge in [0.05, 0.1) is 16.1 Å². The van der Waals surface area contributed by atoms with Crippen LogP contribution >= 0.6 is 14.3 Å². The molecule has 0 amide bonds. The quantitative estimate of drug-likeness (QED) is 0.0531. The topological polar surface area (TPSA) is 161 Å². The Bertz CT molecular complexity index is 3380. The van der Waals surface area contributed by atoms with Crippen LogP contribution in [0.1, 0.15) is 123 Å². The second-order valence-corrected chi connectivity index (χ2v) is 31.6. The summed E-state index contributed by atoms with van der Waals surface area (Å²) in [5.74, 6) is 0. The van der Waals surface area contributed by atoms with E-state index in [0.29, 0.717) is 6.29 Å². The zero-order valence-electron chi connectivity index (χ0n) is 45.9. The number of nitrogens with zero attached hydrogens (tertiary/aromatic N) is 4. The molecule has 78 heavy (non-hydrogen) atoms. The first kappa shape index (κ1) is 59.7. The molecule has 0 spiro atoms. The molecular weight excluding hydrogens is 1050 g/mol. The second kappa shape index (κ2) is 25.4. The van der Waals surface area contributed by atoms with Crippen LogP contribution in [0, 0.1) is 13.8 Å². The average Bonchev–Trinajstić information content (AvgIpc) is 4.26. The van der Waals surface area contributed by atoms with E-state index >= 15 is 0 Å². The summed E-state index contributed by atoms with van der Waals surface area (Å²) < 4.78 is 97.7. The molecule has 0 radical (unpaired) electrons. The molecule has 0 N–H and O–H groups in total. The van der Waals surface area contributed by atoms with Crippen LogP contribution in [0.25, 0.3) is 0 Å². The van der Waals surface area contributed by atoms with Crippen molar-refractivity contribution in [3.63, 3.8) is 0 Å². The fourth-order valence-corrected chi connectivity index (χ4v) is 19.8. The van der Waals surface area contributed by atoms with E-state index in [-0.39, 0.29) is 49.9 Å². The molecule has 2 fully saturated rings. The highest BCUT2D eigenvalue weighted by atomic mass is 32.2. The molecule has 2 saturated heterocycles. The maximum atomic E-state index is 14.7. The molecule has 0 bridgehead atoms. The number of aromatic nitrogens is 4. The first-order valence-corrected chi connectivity index (χ1v) is 33.2. The van der Waals surface area contributed by atoms with Gasteiger partial charge in [-0.15, -0.1) is 0 Å². The third-order valence-electron chi connectivity index (χ3n) is 14.4. The van der Waals surface area contributed by atoms with Crippen LogP contribution in [0.4, 0.5) is 0 Å². The number of imidazole rings is 2. The van der Waals surface area contributed by atoms with Crippen molar-refractivity contribution in [1.82, 2.24) is 14.1 Å². The summed E-state index contributed by atoms with van der Waals surface area (Å²) in [6.07, 6.45) is 15.7. The van der Waals surface area contributed by atoms with Gasteiger partial charge >= 0.3 is 0 Å². The number of hydrogen-bond acceptors (Lipinski definition) is 9. The lowest BCUT2D eigenvalue weighted by atomic mass is 10.0. The molecule has 6 aromatic carbocycles. The summed E-state index contributed by atoms with van der Waals surface area (Å²) in [6, 6.07) is 52.7. The lowest BCUT2D eigenvalue weighted by Crippen LogP contribution is -2.33. The number of aryl methyl sites for hydroxylation is 2. The van der Waals surface area contributed by atoms with Gasteiger partial charge in [-0.05, 0) is 128 Å². The van der Waals surface area contributed by atoms with Crippen LogP contribution in [-0.4, -0.2) is 41.9 Å². The maximum Gasteiger partial charge on any atom is 0.297 e. The molecule has 4 atom stereocenters. The lowest BCUT2D eigenvalue weighted by Gasteiger charge is -2.26.